The highest BCUT2D eigenvalue weighted by atomic mass is 35.5. The minimum atomic E-state index is -0.547. The Morgan fingerprint density at radius 1 is 1.59 bits per heavy atom. The van der Waals surface area contributed by atoms with Crippen LogP contribution >= 0.6 is 11.6 Å². The van der Waals surface area contributed by atoms with Gasteiger partial charge in [-0.3, -0.25) is 10.1 Å². The van der Waals surface area contributed by atoms with E-state index < -0.39 is 11.0 Å². The Bertz CT molecular complexity index is 521. The van der Waals surface area contributed by atoms with Crippen LogP contribution in [0.2, 0.25) is 5.02 Å². The molecule has 2 N–H and O–H groups in total. The van der Waals surface area contributed by atoms with Crippen LogP contribution in [-0.2, 0) is 0 Å². The second-order valence-electron chi connectivity index (χ2n) is 5.80. The van der Waals surface area contributed by atoms with Crippen LogP contribution in [0.1, 0.15) is 19.8 Å². The van der Waals surface area contributed by atoms with E-state index in [4.69, 9.17) is 11.6 Å². The first-order valence-corrected chi connectivity index (χ1v) is 7.77. The molecule has 0 radical (unpaired) electrons. The van der Waals surface area contributed by atoms with Gasteiger partial charge in [-0.2, -0.15) is 0 Å². The van der Waals surface area contributed by atoms with Crippen molar-refractivity contribution in [2.45, 2.75) is 25.9 Å². The highest BCUT2D eigenvalue weighted by molar-refractivity contribution is 6.33. The molecule has 2 heterocycles. The number of β-amino-alcohol motifs (C(OH)–C–C–N with tert-alkyl or cyclic N) is 1. The van der Waals surface area contributed by atoms with Crippen molar-refractivity contribution in [3.05, 3.63) is 27.4 Å². The van der Waals surface area contributed by atoms with Crippen molar-refractivity contribution in [3.63, 3.8) is 0 Å². The second kappa shape index (κ2) is 7.71. The molecule has 22 heavy (non-hydrogen) atoms. The molecular weight excluding hydrogens is 308 g/mol. The number of nitrogens with one attached hydrogen (secondary N) is 1. The number of nitro groups is 1. The molecule has 1 aliphatic heterocycles. The maximum Gasteiger partial charge on any atom is 0.289 e. The number of likely N-dealkylation sites (tertiary alicyclic amines) is 1. The summed E-state index contributed by atoms with van der Waals surface area (Å²) in [4.78, 5) is 16.2. The summed E-state index contributed by atoms with van der Waals surface area (Å²) in [6, 6.07) is 1.25. The third kappa shape index (κ3) is 4.79. The van der Waals surface area contributed by atoms with Gasteiger partial charge in [0.1, 0.15) is 12.0 Å². The van der Waals surface area contributed by atoms with E-state index in [0.717, 1.165) is 38.0 Å². The van der Waals surface area contributed by atoms with Gasteiger partial charge >= 0.3 is 0 Å². The Balaban J connectivity index is 1.81. The number of nitrogens with zero attached hydrogens (tertiary/aromatic N) is 3. The van der Waals surface area contributed by atoms with Crippen LogP contribution < -0.4 is 5.32 Å². The van der Waals surface area contributed by atoms with E-state index in [2.05, 4.69) is 22.1 Å². The summed E-state index contributed by atoms with van der Waals surface area (Å²) in [5, 5.41) is 23.8. The molecule has 0 amide bonds. The molecule has 0 spiro atoms. The van der Waals surface area contributed by atoms with Crippen molar-refractivity contribution >= 4 is 23.1 Å². The Labute approximate surface area is 134 Å². The maximum absolute atomic E-state index is 10.6. The molecular formula is C14H21ClN4O3. The summed E-state index contributed by atoms with van der Waals surface area (Å²) in [5.41, 5.74) is -0.154. The monoisotopic (exact) mass is 328 g/mol. The Morgan fingerprint density at radius 3 is 2.86 bits per heavy atom. The average Bonchev–Trinajstić information content (AvgIpc) is 2.48. The molecule has 0 bridgehead atoms. The van der Waals surface area contributed by atoms with Crippen LogP contribution in [0.5, 0.6) is 0 Å². The van der Waals surface area contributed by atoms with Gasteiger partial charge in [-0.1, -0.05) is 18.5 Å². The summed E-state index contributed by atoms with van der Waals surface area (Å²) < 4.78 is 0. The van der Waals surface area contributed by atoms with Gasteiger partial charge in [0, 0.05) is 19.2 Å². The zero-order valence-electron chi connectivity index (χ0n) is 12.5. The fourth-order valence-electron chi connectivity index (χ4n) is 2.48. The molecule has 1 unspecified atom stereocenters. The standard InChI is InChI=1S/C14H21ClN4O3/c1-10-2-4-18(5-3-10)9-12(20)8-17-14-13(15)6-11(7-16-14)19(21)22/h6-7,10,12,20H,2-5,8-9H2,1H3,(H,16,17). The van der Waals surface area contributed by atoms with Crippen LogP contribution in [0, 0.1) is 16.0 Å². The number of aliphatic hydroxyl groups excluding tert-OH is 1. The summed E-state index contributed by atoms with van der Waals surface area (Å²) in [5.74, 6) is 1.10. The molecule has 7 nitrogen and oxygen atoms in total. The van der Waals surface area contributed by atoms with Crippen molar-refractivity contribution in [3.8, 4) is 0 Å². The van der Waals surface area contributed by atoms with E-state index >= 15 is 0 Å². The number of rotatable bonds is 6. The molecule has 1 aromatic rings. The average molecular weight is 329 g/mol. The van der Waals surface area contributed by atoms with Crippen molar-refractivity contribution in [1.29, 1.82) is 0 Å². The number of hydrogen-bond donors (Lipinski definition) is 2. The third-order valence-corrected chi connectivity index (χ3v) is 4.18. The zero-order chi connectivity index (χ0) is 16.1. The maximum atomic E-state index is 10.6. The van der Waals surface area contributed by atoms with E-state index in [1.165, 1.54) is 6.07 Å². The van der Waals surface area contributed by atoms with Gasteiger partial charge in [0.2, 0.25) is 0 Å². The van der Waals surface area contributed by atoms with Gasteiger partial charge in [-0.05, 0) is 31.8 Å². The van der Waals surface area contributed by atoms with Crippen molar-refractivity contribution in [1.82, 2.24) is 9.88 Å². The largest absolute Gasteiger partial charge is 0.390 e. The quantitative estimate of drug-likeness (QED) is 0.614. The molecule has 0 aromatic carbocycles. The van der Waals surface area contributed by atoms with E-state index in [1.807, 2.05) is 0 Å². The summed E-state index contributed by atoms with van der Waals surface area (Å²) >= 11 is 5.94. The lowest BCUT2D eigenvalue weighted by molar-refractivity contribution is -0.385. The number of halogens is 1. The molecule has 1 fully saturated rings. The van der Waals surface area contributed by atoms with E-state index in [0.29, 0.717) is 18.9 Å². The van der Waals surface area contributed by atoms with Crippen LogP contribution in [-0.4, -0.2) is 52.2 Å². The number of anilines is 1. The second-order valence-corrected chi connectivity index (χ2v) is 6.21. The predicted octanol–water partition coefficient (Wildman–Crippen LogP) is 2.15. The predicted molar refractivity (Wildman–Crippen MR) is 85.2 cm³/mol. The van der Waals surface area contributed by atoms with E-state index in [9.17, 15) is 15.2 Å². The molecule has 1 aromatic heterocycles. The van der Waals surface area contributed by atoms with Gasteiger partial charge in [0.25, 0.3) is 5.69 Å². The minimum absolute atomic E-state index is 0.154. The molecule has 0 aliphatic carbocycles. The Kier molecular flexibility index (Phi) is 5.93. The Hall–Kier alpha value is -1.44. The Morgan fingerprint density at radius 2 is 2.27 bits per heavy atom. The first kappa shape index (κ1) is 16.9. The van der Waals surface area contributed by atoms with Gasteiger partial charge in [0.05, 0.1) is 16.0 Å². The number of hydrogen-bond acceptors (Lipinski definition) is 6. The lowest BCUT2D eigenvalue weighted by Gasteiger charge is -2.31. The van der Waals surface area contributed by atoms with E-state index in [-0.39, 0.29) is 10.7 Å². The lowest BCUT2D eigenvalue weighted by Crippen LogP contribution is -2.40. The molecule has 0 saturated carbocycles. The lowest BCUT2D eigenvalue weighted by atomic mass is 9.99. The number of pyridine rings is 1. The third-order valence-electron chi connectivity index (χ3n) is 3.89. The fourth-order valence-corrected chi connectivity index (χ4v) is 2.71. The molecule has 1 atom stereocenters. The summed E-state index contributed by atoms with van der Waals surface area (Å²) in [6.45, 7) is 5.17. The summed E-state index contributed by atoms with van der Waals surface area (Å²) in [7, 11) is 0. The van der Waals surface area contributed by atoms with Crippen LogP contribution in [0.4, 0.5) is 11.5 Å². The molecule has 122 valence electrons. The fraction of sp³-hybridized carbons (Fsp3) is 0.643. The highest BCUT2D eigenvalue weighted by Crippen LogP contribution is 2.23. The van der Waals surface area contributed by atoms with Crippen LogP contribution in [0.3, 0.4) is 0 Å². The van der Waals surface area contributed by atoms with Crippen LogP contribution in [0.15, 0.2) is 12.3 Å². The highest BCUT2D eigenvalue weighted by Gasteiger charge is 2.18. The van der Waals surface area contributed by atoms with Crippen LogP contribution in [0.25, 0.3) is 0 Å². The number of piperidine rings is 1. The molecule has 1 saturated heterocycles. The number of aromatic nitrogens is 1. The van der Waals surface area contributed by atoms with Gasteiger partial charge in [-0.25, -0.2) is 4.98 Å². The normalized spacial score (nSPS) is 18.1. The molecule has 2 rings (SSSR count). The van der Waals surface area contributed by atoms with Crippen molar-refractivity contribution < 1.29 is 10.0 Å². The first-order chi connectivity index (χ1) is 10.5. The smallest absolute Gasteiger partial charge is 0.289 e. The topological polar surface area (TPSA) is 91.5 Å². The number of aliphatic hydroxyl groups is 1. The van der Waals surface area contributed by atoms with Gasteiger partial charge in [-0.15, -0.1) is 0 Å². The SMILES string of the molecule is CC1CCN(CC(O)CNc2ncc([N+](=O)[O-])cc2Cl)CC1. The molecule has 8 heteroatoms. The zero-order valence-corrected chi connectivity index (χ0v) is 13.3. The first-order valence-electron chi connectivity index (χ1n) is 7.40. The minimum Gasteiger partial charge on any atom is -0.390 e. The van der Waals surface area contributed by atoms with Crippen molar-refractivity contribution in [2.75, 3.05) is 31.5 Å². The van der Waals surface area contributed by atoms with E-state index in [1.54, 1.807) is 0 Å². The van der Waals surface area contributed by atoms with Gasteiger partial charge in [0.15, 0.2) is 0 Å². The summed E-state index contributed by atoms with van der Waals surface area (Å²) in [6.07, 6.45) is 2.93. The van der Waals surface area contributed by atoms with Crippen molar-refractivity contribution in [2.24, 2.45) is 5.92 Å². The van der Waals surface area contributed by atoms with Gasteiger partial charge < -0.3 is 15.3 Å². The molecule has 1 aliphatic rings.